The quantitative estimate of drug-likeness (QED) is 0.908. The lowest BCUT2D eigenvalue weighted by Gasteiger charge is -2.03. The summed E-state index contributed by atoms with van der Waals surface area (Å²) in [4.78, 5) is 6.17. The van der Waals surface area contributed by atoms with Crippen LogP contribution in [0, 0.1) is 0 Å². The molecule has 1 N–H and O–H groups in total. The highest BCUT2D eigenvalue weighted by Gasteiger charge is 2.10. The standard InChI is InChI=1S/C11H12ClN3O2/c1-15(2)6-10-13-11(17-14-10)7-3-4-9(16)8(12)5-7/h3-5,16H,6H2,1-2H3. The molecule has 1 heterocycles. The number of phenolic OH excluding ortho intramolecular Hbond substituents is 1. The summed E-state index contributed by atoms with van der Waals surface area (Å²) in [6.45, 7) is 0.606. The Balaban J connectivity index is 2.27. The molecule has 0 bridgehead atoms. The molecule has 90 valence electrons. The molecular formula is C11H12ClN3O2. The second-order valence-corrected chi connectivity index (χ2v) is 4.33. The van der Waals surface area contributed by atoms with E-state index < -0.39 is 0 Å². The largest absolute Gasteiger partial charge is 0.506 e. The molecule has 5 nitrogen and oxygen atoms in total. The van der Waals surface area contributed by atoms with Gasteiger partial charge in [0.25, 0.3) is 5.89 Å². The minimum atomic E-state index is 0.0310. The van der Waals surface area contributed by atoms with Crippen LogP contribution in [-0.2, 0) is 6.54 Å². The zero-order valence-electron chi connectivity index (χ0n) is 9.51. The summed E-state index contributed by atoms with van der Waals surface area (Å²) in [6.07, 6.45) is 0. The maximum atomic E-state index is 9.31. The van der Waals surface area contributed by atoms with Gasteiger partial charge in [-0.2, -0.15) is 4.98 Å². The van der Waals surface area contributed by atoms with Gasteiger partial charge in [0, 0.05) is 5.56 Å². The van der Waals surface area contributed by atoms with Gasteiger partial charge in [0.1, 0.15) is 5.75 Å². The molecular weight excluding hydrogens is 242 g/mol. The average Bonchev–Trinajstić information content (AvgIpc) is 2.69. The summed E-state index contributed by atoms with van der Waals surface area (Å²) in [6, 6.07) is 4.76. The van der Waals surface area contributed by atoms with Crippen molar-refractivity contribution in [1.82, 2.24) is 15.0 Å². The first-order valence-electron chi connectivity index (χ1n) is 5.02. The van der Waals surface area contributed by atoms with Crippen LogP contribution < -0.4 is 0 Å². The summed E-state index contributed by atoms with van der Waals surface area (Å²) in [7, 11) is 3.85. The van der Waals surface area contributed by atoms with E-state index in [4.69, 9.17) is 16.1 Å². The molecule has 0 aliphatic heterocycles. The predicted molar refractivity (Wildman–Crippen MR) is 63.8 cm³/mol. The molecule has 0 amide bonds. The maximum Gasteiger partial charge on any atom is 0.258 e. The van der Waals surface area contributed by atoms with E-state index in [1.165, 1.54) is 6.07 Å². The summed E-state index contributed by atoms with van der Waals surface area (Å²) >= 11 is 5.81. The van der Waals surface area contributed by atoms with Crippen LogP contribution in [0.25, 0.3) is 11.5 Å². The average molecular weight is 254 g/mol. The molecule has 2 rings (SSSR count). The highest BCUT2D eigenvalue weighted by Crippen LogP contribution is 2.28. The van der Waals surface area contributed by atoms with Crippen molar-refractivity contribution in [3.8, 4) is 17.2 Å². The normalized spacial score (nSPS) is 11.1. The number of halogens is 1. The molecule has 0 aliphatic carbocycles. The van der Waals surface area contributed by atoms with Crippen molar-refractivity contribution in [2.45, 2.75) is 6.54 Å². The molecule has 17 heavy (non-hydrogen) atoms. The smallest absolute Gasteiger partial charge is 0.258 e. The molecule has 0 unspecified atom stereocenters. The van der Waals surface area contributed by atoms with Crippen molar-refractivity contribution >= 4 is 11.6 Å². The lowest BCUT2D eigenvalue weighted by Crippen LogP contribution is -2.11. The number of nitrogens with zero attached hydrogens (tertiary/aromatic N) is 3. The van der Waals surface area contributed by atoms with Gasteiger partial charge in [-0.1, -0.05) is 16.8 Å². The number of hydrogen-bond acceptors (Lipinski definition) is 5. The van der Waals surface area contributed by atoms with Crippen molar-refractivity contribution in [2.24, 2.45) is 0 Å². The molecule has 0 saturated carbocycles. The van der Waals surface area contributed by atoms with Crippen LogP contribution in [0.2, 0.25) is 5.02 Å². The predicted octanol–water partition coefficient (Wildman–Crippen LogP) is 2.16. The third-order valence-electron chi connectivity index (χ3n) is 2.12. The first kappa shape index (κ1) is 11.9. The Morgan fingerprint density at radius 1 is 1.41 bits per heavy atom. The Morgan fingerprint density at radius 3 is 2.82 bits per heavy atom. The van der Waals surface area contributed by atoms with Crippen molar-refractivity contribution in [3.05, 3.63) is 29.0 Å². The van der Waals surface area contributed by atoms with Gasteiger partial charge in [-0.15, -0.1) is 0 Å². The van der Waals surface area contributed by atoms with Crippen molar-refractivity contribution in [2.75, 3.05) is 14.1 Å². The zero-order valence-corrected chi connectivity index (χ0v) is 10.3. The van der Waals surface area contributed by atoms with Gasteiger partial charge in [0.15, 0.2) is 5.82 Å². The third-order valence-corrected chi connectivity index (χ3v) is 2.42. The fourth-order valence-corrected chi connectivity index (χ4v) is 1.54. The van der Waals surface area contributed by atoms with E-state index in [9.17, 15) is 5.11 Å². The van der Waals surface area contributed by atoms with Gasteiger partial charge in [-0.25, -0.2) is 0 Å². The Labute approximate surface area is 104 Å². The molecule has 0 aliphatic rings. The lowest BCUT2D eigenvalue weighted by molar-refractivity contribution is 0.365. The third kappa shape index (κ3) is 2.75. The van der Waals surface area contributed by atoms with Crippen molar-refractivity contribution < 1.29 is 9.63 Å². The minimum Gasteiger partial charge on any atom is -0.506 e. The van der Waals surface area contributed by atoms with Crippen molar-refractivity contribution in [3.63, 3.8) is 0 Å². The van der Waals surface area contributed by atoms with Gasteiger partial charge in [-0.3, -0.25) is 0 Å². The molecule has 2 aromatic rings. The van der Waals surface area contributed by atoms with Crippen LogP contribution in [0.5, 0.6) is 5.75 Å². The number of aromatic hydroxyl groups is 1. The molecule has 1 aromatic heterocycles. The minimum absolute atomic E-state index is 0.0310. The molecule has 0 saturated heterocycles. The maximum absolute atomic E-state index is 9.31. The molecule has 6 heteroatoms. The number of phenols is 1. The number of rotatable bonds is 3. The highest BCUT2D eigenvalue weighted by molar-refractivity contribution is 6.32. The first-order valence-corrected chi connectivity index (χ1v) is 5.40. The summed E-state index contributed by atoms with van der Waals surface area (Å²) in [5.74, 6) is 1.03. The molecule has 0 fully saturated rings. The topological polar surface area (TPSA) is 62.4 Å². The lowest BCUT2D eigenvalue weighted by atomic mass is 10.2. The Kier molecular flexibility index (Phi) is 3.31. The van der Waals surface area contributed by atoms with E-state index in [0.29, 0.717) is 23.8 Å². The zero-order chi connectivity index (χ0) is 12.4. The van der Waals surface area contributed by atoms with Gasteiger partial charge in [-0.05, 0) is 32.3 Å². The second-order valence-electron chi connectivity index (χ2n) is 3.92. The Hall–Kier alpha value is -1.59. The second kappa shape index (κ2) is 4.73. The number of hydrogen-bond donors (Lipinski definition) is 1. The monoisotopic (exact) mass is 253 g/mol. The summed E-state index contributed by atoms with van der Waals surface area (Å²) < 4.78 is 5.12. The fourth-order valence-electron chi connectivity index (χ4n) is 1.36. The van der Waals surface area contributed by atoms with E-state index in [1.807, 2.05) is 19.0 Å². The van der Waals surface area contributed by atoms with Crippen LogP contribution in [-0.4, -0.2) is 34.2 Å². The van der Waals surface area contributed by atoms with Crippen LogP contribution >= 0.6 is 11.6 Å². The fraction of sp³-hybridized carbons (Fsp3) is 0.273. The molecule has 0 radical (unpaired) electrons. The van der Waals surface area contributed by atoms with Crippen LogP contribution in [0.3, 0.4) is 0 Å². The molecule has 0 atom stereocenters. The van der Waals surface area contributed by atoms with Gasteiger partial charge >= 0.3 is 0 Å². The number of benzene rings is 1. The van der Waals surface area contributed by atoms with E-state index in [0.717, 1.165) is 0 Å². The Bertz CT molecular complexity index is 525. The number of aromatic nitrogens is 2. The SMILES string of the molecule is CN(C)Cc1noc(-c2ccc(O)c(Cl)c2)n1. The van der Waals surface area contributed by atoms with Crippen LogP contribution in [0.15, 0.2) is 22.7 Å². The summed E-state index contributed by atoms with van der Waals surface area (Å²) in [5.41, 5.74) is 0.685. The highest BCUT2D eigenvalue weighted by atomic mass is 35.5. The van der Waals surface area contributed by atoms with E-state index in [2.05, 4.69) is 10.1 Å². The van der Waals surface area contributed by atoms with E-state index in [1.54, 1.807) is 12.1 Å². The first-order chi connectivity index (χ1) is 8.06. The van der Waals surface area contributed by atoms with Gasteiger partial charge < -0.3 is 14.5 Å². The van der Waals surface area contributed by atoms with Crippen molar-refractivity contribution in [1.29, 1.82) is 0 Å². The molecule has 1 aromatic carbocycles. The Morgan fingerprint density at radius 2 is 2.18 bits per heavy atom. The van der Waals surface area contributed by atoms with E-state index >= 15 is 0 Å². The van der Waals surface area contributed by atoms with Crippen LogP contribution in [0.1, 0.15) is 5.82 Å². The summed E-state index contributed by atoms with van der Waals surface area (Å²) in [5, 5.41) is 13.4. The molecule has 0 spiro atoms. The van der Waals surface area contributed by atoms with E-state index in [-0.39, 0.29) is 10.8 Å². The van der Waals surface area contributed by atoms with Gasteiger partial charge in [0.2, 0.25) is 0 Å². The van der Waals surface area contributed by atoms with Gasteiger partial charge in [0.05, 0.1) is 11.6 Å². The van der Waals surface area contributed by atoms with Crippen LogP contribution in [0.4, 0.5) is 0 Å².